The molecule has 8 heteroatoms. The highest BCUT2D eigenvalue weighted by molar-refractivity contribution is 7.11. The van der Waals surface area contributed by atoms with Crippen LogP contribution in [0.2, 0.25) is 0 Å². The summed E-state index contributed by atoms with van der Waals surface area (Å²) in [5.74, 6) is 1.88. The largest absolute Gasteiger partial charge is 0.493 e. The maximum Gasteiger partial charge on any atom is 0.271 e. The van der Waals surface area contributed by atoms with E-state index in [-0.39, 0.29) is 5.91 Å². The van der Waals surface area contributed by atoms with E-state index in [0.29, 0.717) is 23.5 Å². The lowest BCUT2D eigenvalue weighted by Gasteiger charge is -2.08. The van der Waals surface area contributed by atoms with Gasteiger partial charge in [-0.25, -0.2) is 10.4 Å². The molecule has 2 heterocycles. The Morgan fingerprint density at radius 3 is 2.80 bits per heavy atom. The van der Waals surface area contributed by atoms with Gasteiger partial charge in [0.1, 0.15) is 5.82 Å². The van der Waals surface area contributed by atoms with Gasteiger partial charge in [-0.3, -0.25) is 4.79 Å². The van der Waals surface area contributed by atoms with Gasteiger partial charge in [-0.2, -0.15) is 5.10 Å². The maximum absolute atomic E-state index is 12.4. The zero-order valence-electron chi connectivity index (χ0n) is 16.5. The molecule has 0 unspecified atom stereocenters. The molecular formula is C22H20N4O3S. The number of aromatic amines is 1. The second-order valence-electron chi connectivity index (χ2n) is 6.50. The lowest BCUT2D eigenvalue weighted by atomic mass is 10.1. The van der Waals surface area contributed by atoms with E-state index in [4.69, 9.17) is 9.47 Å². The minimum atomic E-state index is -0.277. The topological polar surface area (TPSA) is 88.6 Å². The normalized spacial score (nSPS) is 11.1. The van der Waals surface area contributed by atoms with Crippen molar-refractivity contribution in [2.24, 2.45) is 5.10 Å². The number of carbonyl (C=O) groups excluding carboxylic acids is 1. The molecule has 0 aliphatic carbocycles. The standard InChI is InChI=1S/C22H20N4O3S/c1-28-19-8-5-14(10-20(19)29-2)11-21-24-17-7-6-15(12-18(17)25-21)22(27)26-23-13-16-4-3-9-30-16/h3-10,12-13H,11H2,1-2H3,(H,24,25)(H,26,27)/b23-13-. The molecule has 0 saturated carbocycles. The van der Waals surface area contributed by atoms with Crippen LogP contribution in [0.15, 0.2) is 59.0 Å². The van der Waals surface area contributed by atoms with E-state index >= 15 is 0 Å². The molecule has 0 fully saturated rings. The van der Waals surface area contributed by atoms with Crippen LogP contribution in [-0.2, 0) is 6.42 Å². The van der Waals surface area contributed by atoms with Crippen LogP contribution in [0.1, 0.15) is 26.6 Å². The second kappa shape index (κ2) is 8.79. The highest BCUT2D eigenvalue weighted by Crippen LogP contribution is 2.28. The Morgan fingerprint density at radius 2 is 2.03 bits per heavy atom. The Labute approximate surface area is 177 Å². The lowest BCUT2D eigenvalue weighted by molar-refractivity contribution is 0.0955. The second-order valence-corrected chi connectivity index (χ2v) is 7.48. The lowest BCUT2D eigenvalue weighted by Crippen LogP contribution is -2.17. The van der Waals surface area contributed by atoms with Crippen molar-refractivity contribution in [2.75, 3.05) is 14.2 Å². The first-order valence-corrected chi connectivity index (χ1v) is 10.1. The number of amides is 1. The Bertz CT molecular complexity index is 1200. The maximum atomic E-state index is 12.4. The van der Waals surface area contributed by atoms with Crippen LogP contribution in [0.4, 0.5) is 0 Å². The van der Waals surface area contributed by atoms with Gasteiger partial charge in [-0.05, 0) is 47.3 Å². The number of thiophene rings is 1. The average molecular weight is 420 g/mol. The third kappa shape index (κ3) is 4.33. The van der Waals surface area contributed by atoms with Crippen LogP contribution in [-0.4, -0.2) is 36.3 Å². The number of fused-ring (bicyclic) bond motifs is 1. The van der Waals surface area contributed by atoms with Crippen LogP contribution in [0.5, 0.6) is 11.5 Å². The van der Waals surface area contributed by atoms with Crippen molar-refractivity contribution in [1.29, 1.82) is 0 Å². The van der Waals surface area contributed by atoms with Gasteiger partial charge in [0.05, 0.1) is 31.5 Å². The predicted molar refractivity (Wildman–Crippen MR) is 118 cm³/mol. The van der Waals surface area contributed by atoms with Crippen molar-refractivity contribution in [2.45, 2.75) is 6.42 Å². The molecule has 30 heavy (non-hydrogen) atoms. The fourth-order valence-electron chi connectivity index (χ4n) is 3.06. The van der Waals surface area contributed by atoms with Gasteiger partial charge in [0, 0.05) is 16.9 Å². The molecule has 2 aromatic carbocycles. The molecule has 7 nitrogen and oxygen atoms in total. The average Bonchev–Trinajstić information content (AvgIpc) is 3.42. The molecule has 0 spiro atoms. The number of hydrogen-bond acceptors (Lipinski definition) is 6. The van der Waals surface area contributed by atoms with E-state index in [2.05, 4.69) is 20.5 Å². The number of imidazole rings is 1. The molecule has 4 rings (SSSR count). The Kier molecular flexibility index (Phi) is 5.76. The van der Waals surface area contributed by atoms with Crippen molar-refractivity contribution in [3.8, 4) is 11.5 Å². The van der Waals surface area contributed by atoms with Crippen LogP contribution in [0.25, 0.3) is 11.0 Å². The van der Waals surface area contributed by atoms with E-state index in [0.717, 1.165) is 27.3 Å². The number of methoxy groups -OCH3 is 2. The smallest absolute Gasteiger partial charge is 0.271 e. The molecule has 0 atom stereocenters. The van der Waals surface area contributed by atoms with E-state index in [1.54, 1.807) is 43.9 Å². The number of H-pyrrole nitrogens is 1. The highest BCUT2D eigenvalue weighted by atomic mass is 32.1. The fraction of sp³-hybridized carbons (Fsp3) is 0.136. The minimum absolute atomic E-state index is 0.277. The zero-order chi connectivity index (χ0) is 20.9. The number of nitrogens with one attached hydrogen (secondary N) is 2. The van der Waals surface area contributed by atoms with Crippen molar-refractivity contribution < 1.29 is 14.3 Å². The van der Waals surface area contributed by atoms with Crippen LogP contribution in [0, 0.1) is 0 Å². The van der Waals surface area contributed by atoms with E-state index in [9.17, 15) is 4.79 Å². The van der Waals surface area contributed by atoms with Crippen LogP contribution >= 0.6 is 11.3 Å². The van der Waals surface area contributed by atoms with Crippen molar-refractivity contribution in [3.63, 3.8) is 0 Å². The molecule has 1 amide bonds. The van der Waals surface area contributed by atoms with E-state index < -0.39 is 0 Å². The molecule has 0 bridgehead atoms. The van der Waals surface area contributed by atoms with Crippen molar-refractivity contribution in [3.05, 3.63) is 75.7 Å². The van der Waals surface area contributed by atoms with Crippen molar-refractivity contribution >= 4 is 34.5 Å². The monoisotopic (exact) mass is 420 g/mol. The van der Waals surface area contributed by atoms with Gasteiger partial charge in [-0.15, -0.1) is 11.3 Å². The Hall–Kier alpha value is -3.65. The number of hydrazone groups is 1. The SMILES string of the molecule is COc1ccc(Cc2nc3ccc(C(=O)N/N=C\c4cccs4)cc3[nH]2)cc1OC. The first-order chi connectivity index (χ1) is 14.7. The van der Waals surface area contributed by atoms with Gasteiger partial charge in [-0.1, -0.05) is 12.1 Å². The van der Waals surface area contributed by atoms with Crippen LogP contribution < -0.4 is 14.9 Å². The number of nitrogens with zero attached hydrogens (tertiary/aromatic N) is 2. The summed E-state index contributed by atoms with van der Waals surface area (Å²) in [4.78, 5) is 21.2. The van der Waals surface area contributed by atoms with Crippen LogP contribution in [0.3, 0.4) is 0 Å². The molecule has 152 valence electrons. The third-order valence-electron chi connectivity index (χ3n) is 4.51. The summed E-state index contributed by atoms with van der Waals surface area (Å²) >= 11 is 1.55. The van der Waals surface area contributed by atoms with Gasteiger partial charge in [0.2, 0.25) is 0 Å². The molecule has 4 aromatic rings. The molecule has 2 aromatic heterocycles. The number of carbonyl (C=O) groups is 1. The fourth-order valence-corrected chi connectivity index (χ4v) is 3.64. The first-order valence-electron chi connectivity index (χ1n) is 9.22. The predicted octanol–water partition coefficient (Wildman–Crippen LogP) is 4.00. The van der Waals surface area contributed by atoms with Gasteiger partial charge >= 0.3 is 0 Å². The minimum Gasteiger partial charge on any atom is -0.493 e. The molecule has 2 N–H and O–H groups in total. The molecule has 0 aliphatic heterocycles. The number of aromatic nitrogens is 2. The summed E-state index contributed by atoms with van der Waals surface area (Å²) in [6, 6.07) is 15.0. The highest BCUT2D eigenvalue weighted by Gasteiger charge is 2.10. The van der Waals surface area contributed by atoms with Gasteiger partial charge < -0.3 is 14.5 Å². The molecule has 0 saturated heterocycles. The first kappa shape index (κ1) is 19.7. The summed E-state index contributed by atoms with van der Waals surface area (Å²) < 4.78 is 10.6. The quantitative estimate of drug-likeness (QED) is 0.349. The number of hydrogen-bond donors (Lipinski definition) is 2. The molecular weight excluding hydrogens is 400 g/mol. The summed E-state index contributed by atoms with van der Waals surface area (Å²) in [5, 5.41) is 5.95. The summed E-state index contributed by atoms with van der Waals surface area (Å²) in [6.07, 6.45) is 2.22. The molecule has 0 radical (unpaired) electrons. The van der Waals surface area contributed by atoms with E-state index in [1.807, 2.05) is 41.8 Å². The van der Waals surface area contributed by atoms with Crippen molar-refractivity contribution in [1.82, 2.24) is 15.4 Å². The number of ether oxygens (including phenoxy) is 2. The molecule has 0 aliphatic rings. The third-order valence-corrected chi connectivity index (χ3v) is 5.32. The number of rotatable bonds is 7. The van der Waals surface area contributed by atoms with Gasteiger partial charge in [0.15, 0.2) is 11.5 Å². The number of benzene rings is 2. The summed E-state index contributed by atoms with van der Waals surface area (Å²) in [7, 11) is 3.22. The summed E-state index contributed by atoms with van der Waals surface area (Å²) in [6.45, 7) is 0. The zero-order valence-corrected chi connectivity index (χ0v) is 17.3. The Balaban J connectivity index is 1.49. The van der Waals surface area contributed by atoms with Gasteiger partial charge in [0.25, 0.3) is 5.91 Å². The van der Waals surface area contributed by atoms with E-state index in [1.165, 1.54) is 0 Å². The Morgan fingerprint density at radius 1 is 1.17 bits per heavy atom. The summed E-state index contributed by atoms with van der Waals surface area (Å²) in [5.41, 5.74) is 5.68.